The summed E-state index contributed by atoms with van der Waals surface area (Å²) in [5.74, 6) is -5.40. The Kier molecular flexibility index (Phi) is 14.3. The van der Waals surface area contributed by atoms with Crippen LogP contribution < -0.4 is 16.4 Å². The standard InChI is InChI=1S/C32H49N3O7/c1-5-20(4)30(39)35-31(40)23(19(2)3)17-26(37)29(33)28(22-14-10-7-11-15-22)25(36)18-24(32(41)42)34-27(38)16-21-12-8-6-9-13-21/h6,8-9,12-13,19-20,22-24,26,28-29,37H,5,7,10-11,14-18,33H2,1-4H3,(H,34,38)(H,41,42)(H,35,39,40)/t20-,23?,24-,26?,28?,29?/m0/s1. The molecular weight excluding hydrogens is 538 g/mol. The van der Waals surface area contributed by atoms with Gasteiger partial charge in [0.05, 0.1) is 12.5 Å². The van der Waals surface area contributed by atoms with E-state index in [1.807, 2.05) is 26.8 Å². The lowest BCUT2D eigenvalue weighted by atomic mass is 9.71. The summed E-state index contributed by atoms with van der Waals surface area (Å²) < 4.78 is 0. The van der Waals surface area contributed by atoms with Gasteiger partial charge >= 0.3 is 5.97 Å². The van der Waals surface area contributed by atoms with Crippen molar-refractivity contribution in [2.45, 2.75) is 104 Å². The molecule has 2 rings (SSSR count). The van der Waals surface area contributed by atoms with Crippen molar-refractivity contribution in [1.82, 2.24) is 10.6 Å². The highest BCUT2D eigenvalue weighted by atomic mass is 16.4. The summed E-state index contributed by atoms with van der Waals surface area (Å²) in [4.78, 5) is 63.7. The zero-order valence-electron chi connectivity index (χ0n) is 25.4. The molecule has 10 nitrogen and oxygen atoms in total. The van der Waals surface area contributed by atoms with E-state index in [1.54, 1.807) is 31.2 Å². The number of hydrogen-bond acceptors (Lipinski definition) is 7. The van der Waals surface area contributed by atoms with Crippen LogP contribution in [-0.2, 0) is 30.4 Å². The Hall–Kier alpha value is -3.11. The van der Waals surface area contributed by atoms with Crippen LogP contribution in [0.5, 0.6) is 0 Å². The summed E-state index contributed by atoms with van der Waals surface area (Å²) in [6.07, 6.45) is 3.02. The number of imide groups is 1. The maximum absolute atomic E-state index is 13.7. The van der Waals surface area contributed by atoms with Gasteiger partial charge in [0.2, 0.25) is 17.7 Å². The molecule has 0 spiro atoms. The number of nitrogens with two attached hydrogens (primary N) is 1. The number of aliphatic carboxylic acids is 1. The van der Waals surface area contributed by atoms with Gasteiger partial charge in [0.25, 0.3) is 0 Å². The number of amides is 3. The van der Waals surface area contributed by atoms with Gasteiger partial charge in [0.15, 0.2) is 0 Å². The topological polar surface area (TPSA) is 176 Å². The molecule has 1 saturated carbocycles. The normalized spacial score (nSPS) is 18.3. The predicted octanol–water partition coefficient (Wildman–Crippen LogP) is 2.99. The van der Waals surface area contributed by atoms with Crippen LogP contribution in [-0.4, -0.2) is 57.9 Å². The highest BCUT2D eigenvalue weighted by molar-refractivity contribution is 5.97. The van der Waals surface area contributed by atoms with E-state index in [1.165, 1.54) is 0 Å². The van der Waals surface area contributed by atoms with Gasteiger partial charge in [-0.2, -0.15) is 0 Å². The molecule has 234 valence electrons. The minimum Gasteiger partial charge on any atom is -0.480 e. The molecule has 42 heavy (non-hydrogen) atoms. The van der Waals surface area contributed by atoms with Gasteiger partial charge in [0.1, 0.15) is 11.8 Å². The molecule has 0 aromatic heterocycles. The molecule has 4 unspecified atom stereocenters. The van der Waals surface area contributed by atoms with Crippen molar-refractivity contribution < 1.29 is 34.2 Å². The number of ketones is 1. The molecule has 1 aromatic rings. The van der Waals surface area contributed by atoms with Crippen molar-refractivity contribution >= 4 is 29.5 Å². The van der Waals surface area contributed by atoms with Gasteiger partial charge in [-0.3, -0.25) is 24.5 Å². The Balaban J connectivity index is 2.19. The van der Waals surface area contributed by atoms with Gasteiger partial charge in [-0.25, -0.2) is 4.79 Å². The second-order valence-electron chi connectivity index (χ2n) is 12.1. The molecule has 1 aliphatic rings. The molecule has 1 aromatic carbocycles. The first kappa shape index (κ1) is 35.1. The first-order valence-electron chi connectivity index (χ1n) is 15.2. The van der Waals surface area contributed by atoms with Crippen LogP contribution in [0.15, 0.2) is 30.3 Å². The fourth-order valence-electron chi connectivity index (χ4n) is 5.71. The average molecular weight is 588 g/mol. The minimum atomic E-state index is -1.44. The van der Waals surface area contributed by atoms with Crippen LogP contribution in [0.25, 0.3) is 0 Å². The van der Waals surface area contributed by atoms with Crippen molar-refractivity contribution in [1.29, 1.82) is 0 Å². The summed E-state index contributed by atoms with van der Waals surface area (Å²) in [6.45, 7) is 7.21. The maximum Gasteiger partial charge on any atom is 0.326 e. The van der Waals surface area contributed by atoms with E-state index in [0.29, 0.717) is 24.8 Å². The summed E-state index contributed by atoms with van der Waals surface area (Å²) in [7, 11) is 0. The lowest BCUT2D eigenvalue weighted by Crippen LogP contribution is -2.52. The Morgan fingerprint density at radius 3 is 2.14 bits per heavy atom. The second kappa shape index (κ2) is 17.1. The Labute approximate surface area is 249 Å². The fraction of sp³-hybridized carbons (Fsp3) is 0.656. The molecule has 6 N–H and O–H groups in total. The lowest BCUT2D eigenvalue weighted by molar-refractivity contribution is -0.144. The number of hydrogen-bond donors (Lipinski definition) is 5. The molecule has 0 radical (unpaired) electrons. The highest BCUT2D eigenvalue weighted by Crippen LogP contribution is 2.35. The number of aliphatic hydroxyl groups excluding tert-OH is 1. The van der Waals surface area contributed by atoms with E-state index in [2.05, 4.69) is 10.6 Å². The van der Waals surface area contributed by atoms with E-state index < -0.39 is 60.0 Å². The molecule has 10 heteroatoms. The number of carbonyl (C=O) groups is 5. The quantitative estimate of drug-likeness (QED) is 0.196. The van der Waals surface area contributed by atoms with Crippen molar-refractivity contribution in [3.05, 3.63) is 35.9 Å². The third-order valence-electron chi connectivity index (χ3n) is 8.58. The molecule has 1 fully saturated rings. The number of benzene rings is 1. The van der Waals surface area contributed by atoms with Crippen molar-refractivity contribution in [2.75, 3.05) is 0 Å². The molecule has 0 heterocycles. The van der Waals surface area contributed by atoms with Crippen molar-refractivity contribution in [3.8, 4) is 0 Å². The second-order valence-corrected chi connectivity index (χ2v) is 12.1. The third-order valence-corrected chi connectivity index (χ3v) is 8.58. The lowest BCUT2D eigenvalue weighted by Gasteiger charge is -2.36. The number of carboxylic acid groups (broad SMARTS) is 1. The van der Waals surface area contributed by atoms with E-state index in [4.69, 9.17) is 5.73 Å². The SMILES string of the molecule is CC[C@H](C)C(=O)NC(=O)C(CC(O)C(N)C(C(=O)C[C@H](NC(=O)Cc1ccccc1)C(=O)O)C1CCCCC1)C(C)C. The van der Waals surface area contributed by atoms with E-state index >= 15 is 0 Å². The van der Waals surface area contributed by atoms with Gasteiger partial charge in [-0.05, 0) is 43.1 Å². The number of rotatable bonds is 16. The first-order chi connectivity index (χ1) is 19.8. The van der Waals surface area contributed by atoms with Crippen LogP contribution in [0.3, 0.4) is 0 Å². The van der Waals surface area contributed by atoms with Crippen LogP contribution in [0.1, 0.15) is 84.6 Å². The minimum absolute atomic E-state index is 0.0265. The Bertz CT molecular complexity index is 1060. The smallest absolute Gasteiger partial charge is 0.326 e. The summed E-state index contributed by atoms with van der Waals surface area (Å²) >= 11 is 0. The molecule has 6 atom stereocenters. The molecule has 0 aliphatic heterocycles. The van der Waals surface area contributed by atoms with E-state index in [9.17, 15) is 34.2 Å². The van der Waals surface area contributed by atoms with E-state index in [-0.39, 0.29) is 36.5 Å². The summed E-state index contributed by atoms with van der Waals surface area (Å²) in [5.41, 5.74) is 7.28. The largest absolute Gasteiger partial charge is 0.480 e. The van der Waals surface area contributed by atoms with Crippen LogP contribution >= 0.6 is 0 Å². The van der Waals surface area contributed by atoms with Crippen molar-refractivity contribution in [3.63, 3.8) is 0 Å². The Morgan fingerprint density at radius 2 is 1.60 bits per heavy atom. The number of aliphatic hydroxyl groups is 1. The molecule has 0 bridgehead atoms. The molecule has 1 aliphatic carbocycles. The fourth-order valence-corrected chi connectivity index (χ4v) is 5.71. The number of carbonyl (C=O) groups excluding carboxylic acids is 4. The summed E-state index contributed by atoms with van der Waals surface area (Å²) in [6, 6.07) is 6.39. The van der Waals surface area contributed by atoms with Gasteiger partial charge < -0.3 is 21.3 Å². The van der Waals surface area contributed by atoms with E-state index in [0.717, 1.165) is 19.3 Å². The molecule has 3 amide bonds. The molecular formula is C32H49N3O7. The zero-order chi connectivity index (χ0) is 31.4. The number of carboxylic acids is 1. The predicted molar refractivity (Wildman–Crippen MR) is 159 cm³/mol. The number of nitrogens with one attached hydrogen (secondary N) is 2. The monoisotopic (exact) mass is 587 g/mol. The highest BCUT2D eigenvalue weighted by Gasteiger charge is 2.40. The summed E-state index contributed by atoms with van der Waals surface area (Å²) in [5, 5.41) is 26.0. The van der Waals surface area contributed by atoms with Crippen LogP contribution in [0.4, 0.5) is 0 Å². The van der Waals surface area contributed by atoms with Crippen molar-refractivity contribution in [2.24, 2.45) is 35.3 Å². The van der Waals surface area contributed by atoms with Gasteiger partial charge in [0, 0.05) is 30.2 Å². The molecule has 0 saturated heterocycles. The number of Topliss-reactive ketones (excluding diaryl/α,β-unsaturated/α-hetero) is 1. The maximum atomic E-state index is 13.7. The van der Waals surface area contributed by atoms with Crippen LogP contribution in [0, 0.1) is 29.6 Å². The average Bonchev–Trinajstić information content (AvgIpc) is 2.95. The Morgan fingerprint density at radius 1 is 0.976 bits per heavy atom. The van der Waals surface area contributed by atoms with Gasteiger partial charge in [-0.15, -0.1) is 0 Å². The third kappa shape index (κ3) is 10.6. The first-order valence-corrected chi connectivity index (χ1v) is 15.2. The van der Waals surface area contributed by atoms with Crippen LogP contribution in [0.2, 0.25) is 0 Å². The van der Waals surface area contributed by atoms with Gasteiger partial charge in [-0.1, -0.05) is 77.3 Å². The zero-order valence-corrected chi connectivity index (χ0v) is 25.4.